The van der Waals surface area contributed by atoms with Gasteiger partial charge in [0.1, 0.15) is 0 Å². The summed E-state index contributed by atoms with van der Waals surface area (Å²) in [4.78, 5) is 27.4. The van der Waals surface area contributed by atoms with Crippen molar-refractivity contribution in [2.75, 3.05) is 29.9 Å². The zero-order valence-corrected chi connectivity index (χ0v) is 15.8. The second-order valence-electron chi connectivity index (χ2n) is 6.18. The van der Waals surface area contributed by atoms with Gasteiger partial charge in [-0.3, -0.25) is 14.6 Å². The van der Waals surface area contributed by atoms with Crippen LogP contribution in [0.3, 0.4) is 0 Å². The molecule has 1 aromatic rings. The van der Waals surface area contributed by atoms with E-state index in [4.69, 9.17) is 0 Å². The SMILES string of the molecule is CC(=O)NCCNC(=O)c1cccc(NC2=N[C@@H]3CS(=O)(=O)C[C@@H]3S2)c1. The van der Waals surface area contributed by atoms with Gasteiger partial charge in [0, 0.05) is 36.5 Å². The zero-order chi connectivity index (χ0) is 18.7. The Kier molecular flexibility index (Phi) is 5.52. The summed E-state index contributed by atoms with van der Waals surface area (Å²) in [7, 11) is -2.97. The first-order valence-electron chi connectivity index (χ1n) is 8.17. The molecule has 0 spiro atoms. The maximum absolute atomic E-state index is 12.2. The van der Waals surface area contributed by atoms with E-state index in [-0.39, 0.29) is 34.6 Å². The van der Waals surface area contributed by atoms with Crippen LogP contribution in [-0.4, -0.2) is 61.3 Å². The number of hydrogen-bond donors (Lipinski definition) is 3. The number of carbonyl (C=O) groups excluding carboxylic acids is 2. The van der Waals surface area contributed by atoms with Gasteiger partial charge in [0.15, 0.2) is 15.0 Å². The van der Waals surface area contributed by atoms with Crippen molar-refractivity contribution in [3.63, 3.8) is 0 Å². The summed E-state index contributed by atoms with van der Waals surface area (Å²) >= 11 is 1.43. The Balaban J connectivity index is 1.56. The van der Waals surface area contributed by atoms with Crippen LogP contribution >= 0.6 is 11.8 Å². The Hall–Kier alpha value is -2.07. The molecular weight excluding hydrogens is 376 g/mol. The fourth-order valence-corrected chi connectivity index (χ4v) is 6.47. The zero-order valence-electron chi connectivity index (χ0n) is 14.2. The molecule has 26 heavy (non-hydrogen) atoms. The molecule has 1 fully saturated rings. The van der Waals surface area contributed by atoms with Gasteiger partial charge in [-0.05, 0) is 18.2 Å². The van der Waals surface area contributed by atoms with Gasteiger partial charge in [-0.1, -0.05) is 17.8 Å². The molecule has 0 saturated carbocycles. The number of fused-ring (bicyclic) bond motifs is 1. The molecule has 0 radical (unpaired) electrons. The summed E-state index contributed by atoms with van der Waals surface area (Å²) in [5.41, 5.74) is 1.21. The van der Waals surface area contributed by atoms with Gasteiger partial charge in [0.2, 0.25) is 5.91 Å². The number of benzene rings is 1. The number of carbonyl (C=O) groups is 2. The predicted molar refractivity (Wildman–Crippen MR) is 102 cm³/mol. The van der Waals surface area contributed by atoms with E-state index in [0.717, 1.165) is 0 Å². The van der Waals surface area contributed by atoms with Crippen molar-refractivity contribution in [2.45, 2.75) is 18.2 Å². The molecule has 3 N–H and O–H groups in total. The molecule has 2 aliphatic heterocycles. The number of amidine groups is 1. The van der Waals surface area contributed by atoms with E-state index >= 15 is 0 Å². The van der Waals surface area contributed by atoms with Gasteiger partial charge in [-0.15, -0.1) is 0 Å². The number of amides is 2. The lowest BCUT2D eigenvalue weighted by Crippen LogP contribution is -2.33. The van der Waals surface area contributed by atoms with E-state index in [2.05, 4.69) is 20.9 Å². The van der Waals surface area contributed by atoms with Crippen molar-refractivity contribution >= 4 is 44.3 Å². The maximum atomic E-state index is 12.2. The van der Waals surface area contributed by atoms with E-state index in [1.807, 2.05) is 6.07 Å². The lowest BCUT2D eigenvalue weighted by Gasteiger charge is -2.09. The Morgan fingerprint density at radius 1 is 1.23 bits per heavy atom. The van der Waals surface area contributed by atoms with Crippen molar-refractivity contribution in [3.8, 4) is 0 Å². The Morgan fingerprint density at radius 3 is 2.73 bits per heavy atom. The van der Waals surface area contributed by atoms with Crippen molar-refractivity contribution in [1.82, 2.24) is 10.6 Å². The fourth-order valence-electron chi connectivity index (χ4n) is 2.79. The number of sulfone groups is 1. The molecule has 0 unspecified atom stereocenters. The minimum Gasteiger partial charge on any atom is -0.355 e. The number of thioether (sulfide) groups is 1. The minimum absolute atomic E-state index is 0.0252. The van der Waals surface area contributed by atoms with Crippen LogP contribution in [0.2, 0.25) is 0 Å². The molecule has 1 aromatic carbocycles. The van der Waals surface area contributed by atoms with Crippen LogP contribution in [-0.2, 0) is 14.6 Å². The first-order valence-corrected chi connectivity index (χ1v) is 10.9. The summed E-state index contributed by atoms with van der Waals surface area (Å²) in [5, 5.41) is 9.15. The second-order valence-corrected chi connectivity index (χ2v) is 9.56. The average molecular weight is 396 g/mol. The molecule has 140 valence electrons. The largest absolute Gasteiger partial charge is 0.355 e. The summed E-state index contributed by atoms with van der Waals surface area (Å²) in [6.45, 7) is 2.14. The molecule has 2 amide bonds. The molecule has 10 heteroatoms. The highest BCUT2D eigenvalue weighted by Gasteiger charge is 2.42. The number of aliphatic imine (C=N–C) groups is 1. The third-order valence-electron chi connectivity index (χ3n) is 3.98. The average Bonchev–Trinajstić information content (AvgIpc) is 3.04. The van der Waals surface area contributed by atoms with Gasteiger partial charge in [-0.2, -0.15) is 0 Å². The molecular formula is C16H20N4O4S2. The van der Waals surface area contributed by atoms with Gasteiger partial charge >= 0.3 is 0 Å². The second kappa shape index (κ2) is 7.67. The third-order valence-corrected chi connectivity index (χ3v) is 7.12. The standard InChI is InChI=1S/C16H20N4O4S2/c1-10(21)17-5-6-18-15(22)11-3-2-4-12(7-11)19-16-20-13-8-26(23,24)9-14(13)25-16/h2-4,7,13-14H,5-6,8-9H2,1H3,(H,17,21)(H,18,22)(H,19,20)/t13-,14+/m1/s1. The molecule has 0 bridgehead atoms. The highest BCUT2D eigenvalue weighted by Crippen LogP contribution is 2.34. The summed E-state index contributed by atoms with van der Waals surface area (Å²) in [6.07, 6.45) is 0. The topological polar surface area (TPSA) is 117 Å². The molecule has 1 saturated heterocycles. The van der Waals surface area contributed by atoms with E-state index in [1.165, 1.54) is 18.7 Å². The predicted octanol–water partition coefficient (Wildman–Crippen LogP) is 0.233. The highest BCUT2D eigenvalue weighted by atomic mass is 32.2. The smallest absolute Gasteiger partial charge is 0.251 e. The van der Waals surface area contributed by atoms with Gasteiger partial charge < -0.3 is 16.0 Å². The van der Waals surface area contributed by atoms with Crippen LogP contribution in [0, 0.1) is 0 Å². The van der Waals surface area contributed by atoms with Crippen LogP contribution in [0.4, 0.5) is 5.69 Å². The molecule has 2 heterocycles. The number of rotatable bonds is 5. The van der Waals surface area contributed by atoms with Crippen molar-refractivity contribution < 1.29 is 18.0 Å². The normalized spacial score (nSPS) is 23.0. The fraction of sp³-hybridized carbons (Fsp3) is 0.438. The molecule has 0 aromatic heterocycles. The van der Waals surface area contributed by atoms with Crippen LogP contribution in [0.1, 0.15) is 17.3 Å². The first kappa shape index (κ1) is 18.7. The van der Waals surface area contributed by atoms with Gasteiger partial charge in [0.25, 0.3) is 5.91 Å². The molecule has 8 nitrogen and oxygen atoms in total. The Bertz CT molecular complexity index is 854. The maximum Gasteiger partial charge on any atom is 0.251 e. The van der Waals surface area contributed by atoms with E-state index in [9.17, 15) is 18.0 Å². The van der Waals surface area contributed by atoms with Crippen molar-refractivity contribution in [1.29, 1.82) is 0 Å². The van der Waals surface area contributed by atoms with E-state index in [0.29, 0.717) is 29.5 Å². The van der Waals surface area contributed by atoms with Crippen molar-refractivity contribution in [3.05, 3.63) is 29.8 Å². The molecule has 2 aliphatic rings. The van der Waals surface area contributed by atoms with E-state index in [1.54, 1.807) is 18.2 Å². The number of hydrogen-bond acceptors (Lipinski definition) is 7. The van der Waals surface area contributed by atoms with E-state index < -0.39 is 9.84 Å². The quantitative estimate of drug-likeness (QED) is 0.614. The van der Waals surface area contributed by atoms with Gasteiger partial charge in [0.05, 0.1) is 17.5 Å². The summed E-state index contributed by atoms with van der Waals surface area (Å²) in [5.74, 6) is -0.110. The lowest BCUT2D eigenvalue weighted by molar-refractivity contribution is -0.118. The number of nitrogens with zero attached hydrogens (tertiary/aromatic N) is 1. The van der Waals surface area contributed by atoms with Crippen LogP contribution in [0.5, 0.6) is 0 Å². The minimum atomic E-state index is -2.97. The number of anilines is 1. The van der Waals surface area contributed by atoms with Crippen LogP contribution in [0.15, 0.2) is 29.3 Å². The molecule has 2 atom stereocenters. The monoisotopic (exact) mass is 396 g/mol. The number of nitrogens with one attached hydrogen (secondary N) is 3. The lowest BCUT2D eigenvalue weighted by atomic mass is 10.2. The molecule has 0 aliphatic carbocycles. The summed E-state index contributed by atoms with van der Waals surface area (Å²) in [6, 6.07) is 6.80. The van der Waals surface area contributed by atoms with Crippen LogP contribution < -0.4 is 16.0 Å². The van der Waals surface area contributed by atoms with Crippen molar-refractivity contribution in [2.24, 2.45) is 4.99 Å². The third kappa shape index (κ3) is 4.76. The highest BCUT2D eigenvalue weighted by molar-refractivity contribution is 8.15. The Labute approximate surface area is 156 Å². The molecule has 3 rings (SSSR count). The van der Waals surface area contributed by atoms with Gasteiger partial charge in [-0.25, -0.2) is 8.42 Å². The summed E-state index contributed by atoms with van der Waals surface area (Å²) < 4.78 is 23.2. The Morgan fingerprint density at radius 2 is 2.00 bits per heavy atom. The first-order chi connectivity index (χ1) is 12.3. The van der Waals surface area contributed by atoms with Crippen LogP contribution in [0.25, 0.3) is 0 Å².